The first-order chi connectivity index (χ1) is 12.6. The molecule has 0 aliphatic heterocycles. The van der Waals surface area contributed by atoms with E-state index in [1.165, 1.54) is 0 Å². The van der Waals surface area contributed by atoms with Crippen LogP contribution in [0.4, 0.5) is 17.3 Å². The monoisotopic (exact) mass is 346 g/mol. The van der Waals surface area contributed by atoms with Crippen LogP contribution in [0, 0.1) is 13.8 Å². The summed E-state index contributed by atoms with van der Waals surface area (Å²) in [4.78, 5) is 23.2. The average Bonchev–Trinajstić information content (AvgIpc) is 2.62. The van der Waals surface area contributed by atoms with Crippen LogP contribution < -0.4 is 10.2 Å². The van der Waals surface area contributed by atoms with Gasteiger partial charge in [0.1, 0.15) is 5.69 Å². The van der Waals surface area contributed by atoms with Crippen molar-refractivity contribution in [1.82, 2.24) is 9.97 Å². The number of aryl methyl sites for hydroxylation is 2. The maximum atomic E-state index is 12.9. The number of aromatic nitrogens is 2. The molecule has 1 N–H and O–H groups in total. The molecule has 0 unspecified atom stereocenters. The van der Waals surface area contributed by atoms with Crippen molar-refractivity contribution in [3.8, 4) is 0 Å². The highest BCUT2D eigenvalue weighted by atomic mass is 16.2. The smallest absolute Gasteiger partial charge is 0.277 e. The van der Waals surface area contributed by atoms with Crippen LogP contribution in [0.1, 0.15) is 28.5 Å². The quantitative estimate of drug-likeness (QED) is 0.739. The van der Waals surface area contributed by atoms with Crippen molar-refractivity contribution in [2.75, 3.05) is 16.8 Å². The van der Waals surface area contributed by atoms with Crippen LogP contribution >= 0.6 is 0 Å². The van der Waals surface area contributed by atoms with Crippen molar-refractivity contribution in [2.24, 2.45) is 0 Å². The van der Waals surface area contributed by atoms with Gasteiger partial charge in [-0.2, -0.15) is 0 Å². The number of carbonyl (C=O) groups excluding carboxylic acids is 1. The second kappa shape index (κ2) is 7.78. The first-order valence-electron chi connectivity index (χ1n) is 8.62. The molecular formula is C21H22N4O. The molecule has 0 bridgehead atoms. The summed E-state index contributed by atoms with van der Waals surface area (Å²) in [5.74, 6) is 0.259. The fraction of sp³-hybridized carbons (Fsp3) is 0.190. The highest BCUT2D eigenvalue weighted by Crippen LogP contribution is 2.19. The maximum absolute atomic E-state index is 12.9. The maximum Gasteiger partial charge on any atom is 0.277 e. The second-order valence-electron chi connectivity index (χ2n) is 6.15. The number of benzene rings is 2. The van der Waals surface area contributed by atoms with Crippen LogP contribution in [0.25, 0.3) is 0 Å². The van der Waals surface area contributed by atoms with Crippen LogP contribution in [0.5, 0.6) is 0 Å². The lowest BCUT2D eigenvalue weighted by Crippen LogP contribution is -2.31. The number of nitrogens with zero attached hydrogens (tertiary/aromatic N) is 3. The van der Waals surface area contributed by atoms with E-state index in [-0.39, 0.29) is 5.91 Å². The Morgan fingerprint density at radius 3 is 2.38 bits per heavy atom. The van der Waals surface area contributed by atoms with Crippen molar-refractivity contribution in [2.45, 2.75) is 20.8 Å². The molecule has 0 atom stereocenters. The molecule has 26 heavy (non-hydrogen) atoms. The zero-order valence-electron chi connectivity index (χ0n) is 15.2. The first-order valence-corrected chi connectivity index (χ1v) is 8.62. The molecule has 0 aliphatic carbocycles. The Hall–Kier alpha value is -3.21. The van der Waals surface area contributed by atoms with Gasteiger partial charge in [-0.25, -0.2) is 9.97 Å². The molecule has 2 aromatic carbocycles. The zero-order valence-corrected chi connectivity index (χ0v) is 15.2. The first kappa shape index (κ1) is 17.6. The van der Waals surface area contributed by atoms with Crippen molar-refractivity contribution < 1.29 is 4.79 Å². The molecular weight excluding hydrogens is 324 g/mol. The molecule has 3 rings (SSSR count). The molecule has 0 saturated carbocycles. The van der Waals surface area contributed by atoms with E-state index in [4.69, 9.17) is 0 Å². The molecule has 0 radical (unpaired) electrons. The molecule has 0 spiro atoms. The SMILES string of the molecule is CCN(C(=O)c1ccnc(Nc2cc(C)cc(C)c2)n1)c1ccccc1. The van der Waals surface area contributed by atoms with E-state index in [0.29, 0.717) is 18.2 Å². The number of nitrogens with one attached hydrogen (secondary N) is 1. The summed E-state index contributed by atoms with van der Waals surface area (Å²) in [6, 6.07) is 17.4. The van der Waals surface area contributed by atoms with Crippen LogP contribution in [0.2, 0.25) is 0 Å². The molecule has 0 aliphatic rings. The van der Waals surface area contributed by atoms with Gasteiger partial charge in [-0.1, -0.05) is 24.3 Å². The Bertz CT molecular complexity index is 889. The third-order valence-corrected chi connectivity index (χ3v) is 3.98. The van der Waals surface area contributed by atoms with E-state index in [0.717, 1.165) is 22.5 Å². The van der Waals surface area contributed by atoms with Crippen LogP contribution in [-0.4, -0.2) is 22.4 Å². The van der Waals surface area contributed by atoms with Gasteiger partial charge in [-0.15, -0.1) is 0 Å². The summed E-state index contributed by atoms with van der Waals surface area (Å²) in [6.07, 6.45) is 1.60. The van der Waals surface area contributed by atoms with E-state index < -0.39 is 0 Å². The molecule has 1 heterocycles. The Morgan fingerprint density at radius 1 is 1.04 bits per heavy atom. The van der Waals surface area contributed by atoms with Crippen molar-refractivity contribution in [1.29, 1.82) is 0 Å². The largest absolute Gasteiger partial charge is 0.324 e. The normalized spacial score (nSPS) is 10.4. The Labute approximate surface area is 153 Å². The van der Waals surface area contributed by atoms with Gasteiger partial charge in [0.05, 0.1) is 0 Å². The van der Waals surface area contributed by atoms with Gasteiger partial charge >= 0.3 is 0 Å². The number of hydrogen-bond acceptors (Lipinski definition) is 4. The molecule has 0 saturated heterocycles. The minimum atomic E-state index is -0.149. The van der Waals surface area contributed by atoms with E-state index in [2.05, 4.69) is 21.4 Å². The third-order valence-electron chi connectivity index (χ3n) is 3.98. The van der Waals surface area contributed by atoms with E-state index in [1.54, 1.807) is 17.2 Å². The lowest BCUT2D eigenvalue weighted by Gasteiger charge is -2.20. The van der Waals surface area contributed by atoms with Gasteiger partial charge < -0.3 is 10.2 Å². The number of rotatable bonds is 5. The Kier molecular flexibility index (Phi) is 5.27. The summed E-state index contributed by atoms with van der Waals surface area (Å²) >= 11 is 0. The molecule has 5 nitrogen and oxygen atoms in total. The topological polar surface area (TPSA) is 58.1 Å². The van der Waals surface area contributed by atoms with Gasteiger partial charge in [0.25, 0.3) is 5.91 Å². The summed E-state index contributed by atoms with van der Waals surface area (Å²) in [5, 5.41) is 3.18. The Morgan fingerprint density at radius 2 is 1.73 bits per heavy atom. The van der Waals surface area contributed by atoms with Crippen molar-refractivity contribution in [3.63, 3.8) is 0 Å². The zero-order chi connectivity index (χ0) is 18.5. The minimum Gasteiger partial charge on any atom is -0.324 e. The predicted molar refractivity (Wildman–Crippen MR) is 105 cm³/mol. The molecule has 132 valence electrons. The molecule has 1 aromatic heterocycles. The second-order valence-corrected chi connectivity index (χ2v) is 6.15. The van der Waals surface area contributed by atoms with Gasteiger partial charge in [0.15, 0.2) is 0 Å². The summed E-state index contributed by atoms with van der Waals surface area (Å²) < 4.78 is 0. The number of para-hydroxylation sites is 1. The number of anilines is 3. The molecule has 5 heteroatoms. The summed E-state index contributed by atoms with van der Waals surface area (Å²) in [7, 11) is 0. The van der Waals surface area contributed by atoms with Gasteiger partial charge in [0.2, 0.25) is 5.95 Å². The van der Waals surface area contributed by atoms with E-state index >= 15 is 0 Å². The molecule has 0 fully saturated rings. The Balaban J connectivity index is 1.85. The van der Waals surface area contributed by atoms with Crippen LogP contribution in [0.15, 0.2) is 60.8 Å². The van der Waals surface area contributed by atoms with Crippen LogP contribution in [0.3, 0.4) is 0 Å². The van der Waals surface area contributed by atoms with Crippen LogP contribution in [-0.2, 0) is 0 Å². The number of hydrogen-bond donors (Lipinski definition) is 1. The number of amides is 1. The van der Waals surface area contributed by atoms with E-state index in [9.17, 15) is 4.79 Å². The highest BCUT2D eigenvalue weighted by Gasteiger charge is 2.18. The lowest BCUT2D eigenvalue weighted by molar-refractivity contribution is 0.0983. The highest BCUT2D eigenvalue weighted by molar-refractivity contribution is 6.04. The average molecular weight is 346 g/mol. The molecule has 3 aromatic rings. The van der Waals surface area contributed by atoms with Gasteiger partial charge in [-0.3, -0.25) is 4.79 Å². The third kappa shape index (κ3) is 4.06. The van der Waals surface area contributed by atoms with E-state index in [1.807, 2.05) is 63.2 Å². The number of carbonyl (C=O) groups is 1. The molecule has 1 amide bonds. The van der Waals surface area contributed by atoms with Crippen molar-refractivity contribution >= 4 is 23.2 Å². The summed E-state index contributed by atoms with van der Waals surface area (Å²) in [5.41, 5.74) is 4.42. The standard InChI is InChI=1S/C21H22N4O/c1-4-25(18-8-6-5-7-9-18)20(26)19-10-11-22-21(24-19)23-17-13-15(2)12-16(3)14-17/h5-14H,4H2,1-3H3,(H,22,23,24). The fourth-order valence-corrected chi connectivity index (χ4v) is 2.90. The van der Waals surface area contributed by atoms with Crippen molar-refractivity contribution in [3.05, 3.63) is 77.6 Å². The fourth-order valence-electron chi connectivity index (χ4n) is 2.90. The predicted octanol–water partition coefficient (Wildman–Crippen LogP) is 4.50. The van der Waals surface area contributed by atoms with Gasteiger partial charge in [-0.05, 0) is 62.2 Å². The van der Waals surface area contributed by atoms with Gasteiger partial charge in [0, 0.05) is 24.1 Å². The summed E-state index contributed by atoms with van der Waals surface area (Å²) in [6.45, 7) is 6.59. The lowest BCUT2D eigenvalue weighted by atomic mass is 10.1. The minimum absolute atomic E-state index is 0.149.